The van der Waals surface area contributed by atoms with Gasteiger partial charge in [-0.3, -0.25) is 19.2 Å². The third kappa shape index (κ3) is 8.13. The average molecular weight is 912 g/mol. The van der Waals surface area contributed by atoms with Crippen LogP contribution < -0.4 is 5.32 Å². The van der Waals surface area contributed by atoms with E-state index in [9.17, 15) is 39.0 Å². The lowest BCUT2D eigenvalue weighted by Gasteiger charge is -2.67. The second-order valence-corrected chi connectivity index (χ2v) is 17.9. The minimum absolute atomic E-state index is 0.0336. The summed E-state index contributed by atoms with van der Waals surface area (Å²) >= 11 is 0. The Morgan fingerprint density at radius 3 is 1.94 bits per heavy atom. The van der Waals surface area contributed by atoms with Crippen molar-refractivity contribution in [1.29, 1.82) is 0 Å². The van der Waals surface area contributed by atoms with Crippen LogP contribution in [0.1, 0.15) is 86.7 Å². The number of aliphatic hydroxyl groups is 2. The van der Waals surface area contributed by atoms with Crippen molar-refractivity contribution in [3.8, 4) is 0 Å². The van der Waals surface area contributed by atoms with Gasteiger partial charge >= 0.3 is 30.0 Å². The summed E-state index contributed by atoms with van der Waals surface area (Å²) in [6, 6.07) is 22.7. The third-order valence-corrected chi connectivity index (χ3v) is 13.9. The Labute approximate surface area is 380 Å². The molecule has 4 aliphatic rings. The first kappa shape index (κ1) is 47.5. The number of ether oxygens (including phenoxy) is 7. The molecule has 1 saturated heterocycles. The highest BCUT2D eigenvalue weighted by Crippen LogP contribution is 2.65. The number of methoxy groups -OCH3 is 1. The van der Waals surface area contributed by atoms with Gasteiger partial charge in [0.15, 0.2) is 23.6 Å². The van der Waals surface area contributed by atoms with E-state index in [4.69, 9.17) is 33.2 Å². The fraction of sp³-hybridized carbons (Fsp3) is 0.449. The highest BCUT2D eigenvalue weighted by molar-refractivity contribution is 5.96. The molecule has 11 atom stereocenters. The van der Waals surface area contributed by atoms with Crippen molar-refractivity contribution in [2.45, 2.75) is 108 Å². The second-order valence-electron chi connectivity index (χ2n) is 17.9. The monoisotopic (exact) mass is 911 g/mol. The van der Waals surface area contributed by atoms with Crippen molar-refractivity contribution >= 4 is 41.7 Å². The molecule has 2 bridgehead atoms. The Morgan fingerprint density at radius 2 is 1.39 bits per heavy atom. The number of fused-ring (bicyclic) bond motifs is 5. The summed E-state index contributed by atoms with van der Waals surface area (Å²) in [5.74, 6) is -7.14. The molecule has 1 amide bonds. The maximum absolute atomic E-state index is 15.9. The molecule has 3 aromatic carbocycles. The predicted molar refractivity (Wildman–Crippen MR) is 229 cm³/mol. The Balaban J connectivity index is 1.42. The van der Waals surface area contributed by atoms with Crippen LogP contribution in [0.5, 0.6) is 0 Å². The Kier molecular flexibility index (Phi) is 13.0. The van der Waals surface area contributed by atoms with Crippen LogP contribution in [0.25, 0.3) is 0 Å². The smallest absolute Gasteiger partial charge is 0.456 e. The summed E-state index contributed by atoms with van der Waals surface area (Å²) in [7, 11) is 1.06. The molecule has 66 heavy (non-hydrogen) atoms. The number of carbonyl (C=O) groups excluding carboxylic acids is 7. The van der Waals surface area contributed by atoms with Gasteiger partial charge in [0.2, 0.25) is 0 Å². The quantitative estimate of drug-likeness (QED) is 0.136. The molecular weight excluding hydrogens is 859 g/mol. The summed E-state index contributed by atoms with van der Waals surface area (Å²) in [5.41, 5.74) is -7.49. The largest absolute Gasteiger partial charge is 0.508 e. The summed E-state index contributed by atoms with van der Waals surface area (Å²) in [6.07, 6.45) is -12.1. The summed E-state index contributed by atoms with van der Waals surface area (Å²) < 4.78 is 41.3. The van der Waals surface area contributed by atoms with Gasteiger partial charge in [-0.2, -0.15) is 0 Å². The van der Waals surface area contributed by atoms with Crippen LogP contribution >= 0.6 is 0 Å². The number of benzene rings is 3. The topological polar surface area (TPSA) is 237 Å². The molecule has 3 aliphatic carbocycles. The standard InChI is InChI=1S/C49H53NO16/c1-26-32(63-44(57)37(53)36(29-17-11-8-12-18-29)50-42(55)30-19-13-9-14-20-30)24-49(59)41(65-43(56)31-21-15-10-16-22-31)39-47(6,40(54)38(62-27(2)51)35(26)46(49,4)5)33(64-45(58)60-7)23-34-48(39,25-61-34)66-28(3)52/h8-22,32-34,36-39,41,53,59H,23-25H2,1-7H3,(H,50,55)/t32-,33-,34+,36-,37+,38+,39?,41-,47+,48-,49+/m0/s1. The molecule has 2 saturated carbocycles. The van der Waals surface area contributed by atoms with Crippen LogP contribution in [0.3, 0.4) is 0 Å². The number of hydrogen-bond donors (Lipinski definition) is 3. The molecular formula is C49H53NO16. The van der Waals surface area contributed by atoms with Crippen LogP contribution in [0.15, 0.2) is 102 Å². The molecule has 1 heterocycles. The van der Waals surface area contributed by atoms with E-state index in [0.29, 0.717) is 5.56 Å². The van der Waals surface area contributed by atoms with E-state index in [1.165, 1.54) is 39.8 Å². The first-order valence-electron chi connectivity index (χ1n) is 21.5. The molecule has 0 spiro atoms. The molecule has 0 radical (unpaired) electrons. The molecule has 1 unspecified atom stereocenters. The number of Topliss-reactive ketones (excluding diaryl/α,β-unsaturated/α-hetero) is 1. The Bertz CT molecular complexity index is 2420. The number of amides is 1. The van der Waals surface area contributed by atoms with Gasteiger partial charge in [0.1, 0.15) is 30.0 Å². The highest BCUT2D eigenvalue weighted by Gasteiger charge is 2.79. The summed E-state index contributed by atoms with van der Waals surface area (Å²) in [4.78, 5) is 97.6. The van der Waals surface area contributed by atoms with Gasteiger partial charge in [-0.15, -0.1) is 0 Å². The van der Waals surface area contributed by atoms with Gasteiger partial charge in [-0.25, -0.2) is 14.4 Å². The van der Waals surface area contributed by atoms with Crippen molar-refractivity contribution in [1.82, 2.24) is 5.32 Å². The lowest BCUT2D eigenvalue weighted by Crippen LogP contribution is -2.82. The van der Waals surface area contributed by atoms with Crippen LogP contribution in [0.2, 0.25) is 0 Å². The molecule has 0 aromatic heterocycles. The maximum Gasteiger partial charge on any atom is 0.508 e. The first-order valence-corrected chi connectivity index (χ1v) is 21.5. The molecule has 17 heteroatoms. The van der Waals surface area contributed by atoms with E-state index < -0.39 is 119 Å². The number of ketones is 1. The Morgan fingerprint density at radius 1 is 0.803 bits per heavy atom. The molecule has 3 fully saturated rings. The minimum atomic E-state index is -2.46. The third-order valence-electron chi connectivity index (χ3n) is 13.9. The van der Waals surface area contributed by atoms with Gasteiger partial charge in [-0.05, 0) is 54.8 Å². The molecule has 7 rings (SSSR count). The zero-order chi connectivity index (χ0) is 47.9. The molecule has 17 nitrogen and oxygen atoms in total. The highest BCUT2D eigenvalue weighted by atomic mass is 16.7. The van der Waals surface area contributed by atoms with Gasteiger partial charge in [0, 0.05) is 37.7 Å². The molecule has 350 valence electrons. The van der Waals surface area contributed by atoms with Crippen molar-refractivity contribution < 1.29 is 76.9 Å². The predicted octanol–water partition coefficient (Wildman–Crippen LogP) is 4.53. The number of esters is 4. The zero-order valence-electron chi connectivity index (χ0n) is 37.5. The number of nitrogens with one attached hydrogen (secondary N) is 1. The van der Waals surface area contributed by atoms with E-state index in [1.807, 2.05) is 0 Å². The number of hydrogen-bond acceptors (Lipinski definition) is 16. The van der Waals surface area contributed by atoms with Crippen LogP contribution in [0.4, 0.5) is 4.79 Å². The van der Waals surface area contributed by atoms with E-state index in [2.05, 4.69) is 5.32 Å². The van der Waals surface area contributed by atoms with Crippen molar-refractivity contribution in [2.75, 3.05) is 13.7 Å². The Hall–Kier alpha value is -6.43. The molecule has 3 N–H and O–H groups in total. The maximum atomic E-state index is 15.9. The van der Waals surface area contributed by atoms with Crippen LogP contribution in [-0.2, 0) is 52.3 Å². The first-order chi connectivity index (χ1) is 31.2. The van der Waals surface area contributed by atoms with E-state index in [-0.39, 0.29) is 35.3 Å². The molecule has 1 aliphatic heterocycles. The number of aliphatic hydroxyl groups excluding tert-OH is 1. The minimum Gasteiger partial charge on any atom is -0.456 e. The lowest BCUT2D eigenvalue weighted by molar-refractivity contribution is -0.346. The fourth-order valence-electron chi connectivity index (χ4n) is 10.5. The van der Waals surface area contributed by atoms with E-state index in [0.717, 1.165) is 21.0 Å². The number of carbonyl (C=O) groups is 7. The van der Waals surface area contributed by atoms with E-state index in [1.54, 1.807) is 78.9 Å². The zero-order valence-corrected chi connectivity index (χ0v) is 37.5. The van der Waals surface area contributed by atoms with Gasteiger partial charge < -0.3 is 48.7 Å². The van der Waals surface area contributed by atoms with Gasteiger partial charge in [-0.1, -0.05) is 80.6 Å². The SMILES string of the molecule is COC(=O)O[C@H]1C[C@H]2OC[C@@]2(OC(C)=O)C2[C@H](OC(=O)c3ccccc3)[C@]3(O)C[C@H](OC(=O)[C@H](O)[C@@H](NC(=O)c4ccccc4)c4ccccc4)C(C)=C([C@@H](OC(C)=O)C(=O)[C@@]21C)C3(C)C. The van der Waals surface area contributed by atoms with Crippen molar-refractivity contribution in [2.24, 2.45) is 16.7 Å². The fourth-order valence-corrected chi connectivity index (χ4v) is 10.5. The van der Waals surface area contributed by atoms with Crippen molar-refractivity contribution in [3.05, 3.63) is 119 Å². The second kappa shape index (κ2) is 18.1. The number of rotatable bonds is 11. The molecule has 3 aromatic rings. The van der Waals surface area contributed by atoms with Crippen LogP contribution in [0, 0.1) is 16.7 Å². The summed E-state index contributed by atoms with van der Waals surface area (Å²) in [6.45, 7) is 7.80. The summed E-state index contributed by atoms with van der Waals surface area (Å²) in [5, 5.41) is 28.4. The van der Waals surface area contributed by atoms with E-state index >= 15 is 4.79 Å². The normalized spacial score (nSPS) is 30.5. The van der Waals surface area contributed by atoms with Crippen molar-refractivity contribution in [3.63, 3.8) is 0 Å². The van der Waals surface area contributed by atoms with Crippen LogP contribution in [-0.4, -0.2) is 113 Å². The van der Waals surface area contributed by atoms with Gasteiger partial charge in [0.25, 0.3) is 5.91 Å². The van der Waals surface area contributed by atoms with Gasteiger partial charge in [0.05, 0.1) is 36.7 Å². The lowest BCUT2D eigenvalue weighted by atomic mass is 9.44. The average Bonchev–Trinajstić information content (AvgIpc) is 3.28.